The standard InChI is InChI=1S/C20H30O10/c1-11(21)25-10-16-17(26-12(2)22)18(27-13(3)23)19(28-14(4)24)20(30-16)29-15-8-6-5-7-9-15/h15-20H,5-10H2,1-4H3/t16-,17-,18+,19-,20-/m1/s1. The van der Waals surface area contributed by atoms with E-state index in [4.69, 9.17) is 28.4 Å². The van der Waals surface area contributed by atoms with E-state index in [9.17, 15) is 19.2 Å². The van der Waals surface area contributed by atoms with Crippen LogP contribution < -0.4 is 0 Å². The van der Waals surface area contributed by atoms with E-state index in [1.165, 1.54) is 27.7 Å². The van der Waals surface area contributed by atoms with Crippen molar-refractivity contribution in [2.75, 3.05) is 6.61 Å². The van der Waals surface area contributed by atoms with Gasteiger partial charge < -0.3 is 28.4 Å². The van der Waals surface area contributed by atoms with Gasteiger partial charge in [0, 0.05) is 27.7 Å². The highest BCUT2D eigenvalue weighted by molar-refractivity contribution is 5.68. The molecular formula is C20H30O10. The fraction of sp³-hybridized carbons (Fsp3) is 0.800. The third kappa shape index (κ3) is 7.24. The van der Waals surface area contributed by atoms with Gasteiger partial charge in [-0.15, -0.1) is 0 Å². The van der Waals surface area contributed by atoms with Crippen molar-refractivity contribution >= 4 is 23.9 Å². The molecule has 2 aliphatic rings. The summed E-state index contributed by atoms with van der Waals surface area (Å²) >= 11 is 0. The maximum atomic E-state index is 11.8. The molecule has 2 rings (SSSR count). The number of hydrogen-bond donors (Lipinski definition) is 0. The van der Waals surface area contributed by atoms with Crippen molar-refractivity contribution in [1.82, 2.24) is 0 Å². The van der Waals surface area contributed by atoms with Crippen LogP contribution in [0.3, 0.4) is 0 Å². The normalized spacial score (nSPS) is 29.5. The molecule has 0 N–H and O–H groups in total. The second-order valence-electron chi connectivity index (χ2n) is 7.46. The van der Waals surface area contributed by atoms with Crippen LogP contribution in [0.4, 0.5) is 0 Å². The molecule has 0 spiro atoms. The predicted molar refractivity (Wildman–Crippen MR) is 99.9 cm³/mol. The first-order valence-electron chi connectivity index (χ1n) is 10.1. The summed E-state index contributed by atoms with van der Waals surface area (Å²) in [4.78, 5) is 46.5. The van der Waals surface area contributed by atoms with Crippen molar-refractivity contribution in [2.24, 2.45) is 0 Å². The summed E-state index contributed by atoms with van der Waals surface area (Å²) in [7, 11) is 0. The first kappa shape index (κ1) is 24.1. The second kappa shape index (κ2) is 11.3. The van der Waals surface area contributed by atoms with Gasteiger partial charge in [0.25, 0.3) is 0 Å². The Bertz CT molecular complexity index is 627. The average molecular weight is 430 g/mol. The van der Waals surface area contributed by atoms with Gasteiger partial charge in [-0.1, -0.05) is 19.3 Å². The van der Waals surface area contributed by atoms with E-state index >= 15 is 0 Å². The number of hydrogen-bond acceptors (Lipinski definition) is 10. The SMILES string of the molecule is CC(=O)OC[C@H]1O[C@@H](OC2CCCCC2)[C@H](OC(C)=O)[C@@H](OC(C)=O)[C@@H]1OC(C)=O. The maximum absolute atomic E-state index is 11.8. The predicted octanol–water partition coefficient (Wildman–Crippen LogP) is 1.42. The van der Waals surface area contributed by atoms with Crippen LogP contribution in [-0.4, -0.2) is 67.3 Å². The Balaban J connectivity index is 2.34. The summed E-state index contributed by atoms with van der Waals surface area (Å²) in [6.45, 7) is 4.53. The highest BCUT2D eigenvalue weighted by Gasteiger charge is 2.53. The molecule has 10 nitrogen and oxygen atoms in total. The lowest BCUT2D eigenvalue weighted by atomic mass is 9.96. The van der Waals surface area contributed by atoms with Crippen molar-refractivity contribution < 1.29 is 47.6 Å². The molecule has 1 heterocycles. The zero-order valence-electron chi connectivity index (χ0n) is 17.8. The fourth-order valence-electron chi connectivity index (χ4n) is 3.69. The lowest BCUT2D eigenvalue weighted by molar-refractivity contribution is -0.318. The minimum absolute atomic E-state index is 0.126. The van der Waals surface area contributed by atoms with E-state index in [1.807, 2.05) is 0 Å². The van der Waals surface area contributed by atoms with Crippen molar-refractivity contribution in [3.8, 4) is 0 Å². The molecule has 5 atom stereocenters. The van der Waals surface area contributed by atoms with Crippen LogP contribution in [0.1, 0.15) is 59.8 Å². The molecule has 0 amide bonds. The summed E-state index contributed by atoms with van der Waals surface area (Å²) < 4.78 is 33.1. The molecule has 1 saturated carbocycles. The molecule has 1 saturated heterocycles. The fourth-order valence-corrected chi connectivity index (χ4v) is 3.69. The summed E-state index contributed by atoms with van der Waals surface area (Å²) in [5, 5.41) is 0. The summed E-state index contributed by atoms with van der Waals surface area (Å²) in [6.07, 6.45) is -0.995. The Hall–Kier alpha value is -2.20. The smallest absolute Gasteiger partial charge is 0.303 e. The quantitative estimate of drug-likeness (QED) is 0.432. The van der Waals surface area contributed by atoms with Crippen LogP contribution in [0, 0.1) is 0 Å². The van der Waals surface area contributed by atoms with Gasteiger partial charge in [0.1, 0.15) is 12.7 Å². The van der Waals surface area contributed by atoms with Crippen LogP contribution in [0.25, 0.3) is 0 Å². The first-order chi connectivity index (χ1) is 14.2. The Morgan fingerprint density at radius 1 is 0.733 bits per heavy atom. The van der Waals surface area contributed by atoms with Gasteiger partial charge in [0.2, 0.25) is 0 Å². The average Bonchev–Trinajstić information content (AvgIpc) is 2.64. The van der Waals surface area contributed by atoms with E-state index in [-0.39, 0.29) is 12.7 Å². The highest BCUT2D eigenvalue weighted by Crippen LogP contribution is 2.32. The van der Waals surface area contributed by atoms with Gasteiger partial charge in [0.15, 0.2) is 24.6 Å². The zero-order valence-corrected chi connectivity index (χ0v) is 17.8. The third-order valence-corrected chi connectivity index (χ3v) is 4.83. The molecule has 1 aliphatic heterocycles. The minimum atomic E-state index is -1.20. The van der Waals surface area contributed by atoms with Crippen LogP contribution >= 0.6 is 0 Å². The molecule has 0 bridgehead atoms. The van der Waals surface area contributed by atoms with Crippen LogP contribution in [0.5, 0.6) is 0 Å². The summed E-state index contributed by atoms with van der Waals surface area (Å²) in [5.41, 5.74) is 0. The highest BCUT2D eigenvalue weighted by atomic mass is 16.7. The molecule has 170 valence electrons. The van der Waals surface area contributed by atoms with Gasteiger partial charge in [-0.05, 0) is 12.8 Å². The van der Waals surface area contributed by atoms with Gasteiger partial charge >= 0.3 is 23.9 Å². The minimum Gasteiger partial charge on any atom is -0.463 e. The van der Waals surface area contributed by atoms with Gasteiger partial charge in [-0.3, -0.25) is 19.2 Å². The molecule has 2 fully saturated rings. The molecule has 0 unspecified atom stereocenters. The van der Waals surface area contributed by atoms with Crippen LogP contribution in [0.15, 0.2) is 0 Å². The topological polar surface area (TPSA) is 124 Å². The molecular weight excluding hydrogens is 400 g/mol. The van der Waals surface area contributed by atoms with Crippen molar-refractivity contribution in [2.45, 2.75) is 96.6 Å². The second-order valence-corrected chi connectivity index (χ2v) is 7.46. The van der Waals surface area contributed by atoms with Crippen molar-refractivity contribution in [3.63, 3.8) is 0 Å². The van der Waals surface area contributed by atoms with Crippen LogP contribution in [-0.2, 0) is 47.6 Å². The third-order valence-electron chi connectivity index (χ3n) is 4.83. The maximum Gasteiger partial charge on any atom is 0.303 e. The number of esters is 4. The number of ether oxygens (including phenoxy) is 6. The number of carbonyl (C=O) groups is 4. The van der Waals surface area contributed by atoms with Crippen molar-refractivity contribution in [1.29, 1.82) is 0 Å². The molecule has 0 aromatic carbocycles. The van der Waals surface area contributed by atoms with E-state index < -0.39 is 54.6 Å². The van der Waals surface area contributed by atoms with E-state index in [0.29, 0.717) is 0 Å². The number of rotatable bonds is 7. The molecule has 0 aromatic rings. The monoisotopic (exact) mass is 430 g/mol. The van der Waals surface area contributed by atoms with E-state index in [1.54, 1.807) is 0 Å². The molecule has 30 heavy (non-hydrogen) atoms. The molecule has 0 radical (unpaired) electrons. The number of carbonyl (C=O) groups excluding carboxylic acids is 4. The summed E-state index contributed by atoms with van der Waals surface area (Å²) in [5.74, 6) is -2.53. The Labute approximate surface area is 175 Å². The van der Waals surface area contributed by atoms with E-state index in [0.717, 1.165) is 32.1 Å². The lowest BCUT2D eigenvalue weighted by Gasteiger charge is -2.45. The molecule has 10 heteroatoms. The van der Waals surface area contributed by atoms with Gasteiger partial charge in [-0.25, -0.2) is 0 Å². The molecule has 0 aromatic heterocycles. The Morgan fingerprint density at radius 2 is 1.27 bits per heavy atom. The van der Waals surface area contributed by atoms with E-state index in [2.05, 4.69) is 0 Å². The lowest BCUT2D eigenvalue weighted by Crippen LogP contribution is -2.63. The van der Waals surface area contributed by atoms with Gasteiger partial charge in [0.05, 0.1) is 6.10 Å². The first-order valence-corrected chi connectivity index (χ1v) is 10.1. The summed E-state index contributed by atoms with van der Waals surface area (Å²) in [6, 6.07) is 0. The van der Waals surface area contributed by atoms with Crippen molar-refractivity contribution in [3.05, 3.63) is 0 Å². The van der Waals surface area contributed by atoms with Gasteiger partial charge in [-0.2, -0.15) is 0 Å². The Kier molecular flexibility index (Phi) is 9.04. The largest absolute Gasteiger partial charge is 0.463 e. The molecule has 1 aliphatic carbocycles. The zero-order chi connectivity index (χ0) is 22.3. The van der Waals surface area contributed by atoms with Crippen LogP contribution in [0.2, 0.25) is 0 Å². The Morgan fingerprint density at radius 3 is 1.80 bits per heavy atom.